The van der Waals surface area contributed by atoms with Crippen LogP contribution in [0.5, 0.6) is 11.5 Å². The van der Waals surface area contributed by atoms with Crippen molar-refractivity contribution in [3.05, 3.63) is 29.3 Å². The highest BCUT2D eigenvalue weighted by atomic mass is 16.7. The van der Waals surface area contributed by atoms with Gasteiger partial charge in [0.15, 0.2) is 11.5 Å². The number of carbonyl (C=O) groups excluding carboxylic acids is 1. The predicted octanol–water partition coefficient (Wildman–Crippen LogP) is 2.67. The molecule has 0 saturated carbocycles. The molecule has 5 nitrogen and oxygen atoms in total. The van der Waals surface area contributed by atoms with Gasteiger partial charge in [-0.3, -0.25) is 0 Å². The second-order valence-corrected chi connectivity index (χ2v) is 4.11. The third-order valence-corrected chi connectivity index (χ3v) is 2.97. The molecule has 0 radical (unpaired) electrons. The van der Waals surface area contributed by atoms with E-state index in [0.29, 0.717) is 23.5 Å². The zero-order valence-electron chi connectivity index (χ0n) is 11.4. The zero-order chi connectivity index (χ0) is 14.5. The number of ether oxygens (including phenoxy) is 3. The van der Waals surface area contributed by atoms with Gasteiger partial charge in [-0.15, -0.1) is 0 Å². The molecule has 104 valence electrons. The van der Waals surface area contributed by atoms with Crippen molar-refractivity contribution < 1.29 is 19.0 Å². The molecule has 1 aliphatic heterocycles. The maximum absolute atomic E-state index is 11.8. The van der Waals surface area contributed by atoms with Gasteiger partial charge in [-0.25, -0.2) is 4.79 Å². The van der Waals surface area contributed by atoms with E-state index in [1.165, 1.54) is 0 Å². The number of allylic oxidation sites excluding steroid dienone is 1. The van der Waals surface area contributed by atoms with Crippen molar-refractivity contribution in [2.75, 3.05) is 13.4 Å². The van der Waals surface area contributed by atoms with Gasteiger partial charge in [0, 0.05) is 0 Å². The largest absolute Gasteiger partial charge is 0.462 e. The molecule has 5 heteroatoms. The molecular weight excluding hydrogens is 258 g/mol. The molecule has 0 amide bonds. The van der Waals surface area contributed by atoms with Crippen LogP contribution in [0.3, 0.4) is 0 Å². The Bertz CT molecular complexity index is 598. The van der Waals surface area contributed by atoms with Gasteiger partial charge in [-0.2, -0.15) is 5.26 Å². The SMILES string of the molecule is CCOC(=O)C(C#N)=C(CC)c1ccc2c(c1)OCO2. The monoisotopic (exact) mass is 273 g/mol. The van der Waals surface area contributed by atoms with Crippen molar-refractivity contribution in [2.24, 2.45) is 0 Å². The molecule has 2 rings (SSSR count). The Morgan fingerprint density at radius 2 is 2.10 bits per heavy atom. The summed E-state index contributed by atoms with van der Waals surface area (Å²) in [6, 6.07) is 7.29. The van der Waals surface area contributed by atoms with E-state index in [1.807, 2.05) is 19.1 Å². The van der Waals surface area contributed by atoms with Gasteiger partial charge in [0.25, 0.3) is 0 Å². The second kappa shape index (κ2) is 6.11. The Kier molecular flexibility index (Phi) is 4.26. The van der Waals surface area contributed by atoms with E-state index < -0.39 is 5.97 Å². The number of nitrogens with zero attached hydrogens (tertiary/aromatic N) is 1. The first-order valence-electron chi connectivity index (χ1n) is 6.41. The van der Waals surface area contributed by atoms with Crippen LogP contribution in [0.15, 0.2) is 23.8 Å². The molecule has 20 heavy (non-hydrogen) atoms. The van der Waals surface area contributed by atoms with Gasteiger partial charge >= 0.3 is 5.97 Å². The molecule has 1 heterocycles. The van der Waals surface area contributed by atoms with E-state index in [0.717, 1.165) is 5.56 Å². The molecular formula is C15H15NO4. The number of nitriles is 1. The number of fused-ring (bicyclic) bond motifs is 1. The van der Waals surface area contributed by atoms with Crippen LogP contribution < -0.4 is 9.47 Å². The van der Waals surface area contributed by atoms with Crippen LogP contribution in [0.2, 0.25) is 0 Å². The Hall–Kier alpha value is -2.48. The van der Waals surface area contributed by atoms with E-state index in [2.05, 4.69) is 0 Å². The number of benzene rings is 1. The van der Waals surface area contributed by atoms with Crippen LogP contribution in [0.4, 0.5) is 0 Å². The van der Waals surface area contributed by atoms with E-state index in [4.69, 9.17) is 14.2 Å². The number of esters is 1. The number of carbonyl (C=O) groups is 1. The lowest BCUT2D eigenvalue weighted by Gasteiger charge is -2.09. The summed E-state index contributed by atoms with van der Waals surface area (Å²) in [5.74, 6) is 0.693. The van der Waals surface area contributed by atoms with Gasteiger partial charge in [-0.05, 0) is 36.6 Å². The molecule has 1 aromatic carbocycles. The molecule has 0 fully saturated rings. The fourth-order valence-corrected chi connectivity index (χ4v) is 2.05. The Balaban J connectivity index is 2.45. The van der Waals surface area contributed by atoms with Crippen LogP contribution in [-0.4, -0.2) is 19.4 Å². The van der Waals surface area contributed by atoms with Gasteiger partial charge in [0.2, 0.25) is 6.79 Å². The predicted molar refractivity (Wildman–Crippen MR) is 72.0 cm³/mol. The third kappa shape index (κ3) is 2.59. The summed E-state index contributed by atoms with van der Waals surface area (Å²) >= 11 is 0. The summed E-state index contributed by atoms with van der Waals surface area (Å²) in [4.78, 5) is 11.8. The first kappa shape index (κ1) is 13.9. The van der Waals surface area contributed by atoms with Crippen molar-refractivity contribution in [3.63, 3.8) is 0 Å². The highest BCUT2D eigenvalue weighted by molar-refractivity contribution is 6.01. The summed E-state index contributed by atoms with van der Waals surface area (Å²) in [6.07, 6.45) is 0.543. The molecule has 0 N–H and O–H groups in total. The van der Waals surface area contributed by atoms with Gasteiger partial charge in [0.1, 0.15) is 11.6 Å². The first-order chi connectivity index (χ1) is 9.71. The average molecular weight is 273 g/mol. The van der Waals surface area contributed by atoms with Crippen LogP contribution in [-0.2, 0) is 9.53 Å². The van der Waals surface area contributed by atoms with E-state index >= 15 is 0 Å². The topological polar surface area (TPSA) is 68.6 Å². The Morgan fingerprint density at radius 3 is 2.75 bits per heavy atom. The lowest BCUT2D eigenvalue weighted by Crippen LogP contribution is -2.08. The van der Waals surface area contributed by atoms with Crippen LogP contribution in [0, 0.1) is 11.3 Å². The fraction of sp³-hybridized carbons (Fsp3) is 0.333. The van der Waals surface area contributed by atoms with E-state index in [-0.39, 0.29) is 19.0 Å². The molecule has 0 aromatic heterocycles. The second-order valence-electron chi connectivity index (χ2n) is 4.11. The van der Waals surface area contributed by atoms with Gasteiger partial charge in [-0.1, -0.05) is 13.0 Å². The van der Waals surface area contributed by atoms with Crippen molar-refractivity contribution in [3.8, 4) is 17.6 Å². The quantitative estimate of drug-likeness (QED) is 0.479. The molecule has 0 spiro atoms. The highest BCUT2D eigenvalue weighted by Gasteiger charge is 2.19. The van der Waals surface area contributed by atoms with Crippen LogP contribution in [0.1, 0.15) is 25.8 Å². The summed E-state index contributed by atoms with van der Waals surface area (Å²) in [6.45, 7) is 4.02. The van der Waals surface area contributed by atoms with E-state index in [9.17, 15) is 10.1 Å². The van der Waals surface area contributed by atoms with Crippen molar-refractivity contribution in [1.82, 2.24) is 0 Å². The van der Waals surface area contributed by atoms with Crippen molar-refractivity contribution >= 4 is 11.5 Å². The zero-order valence-corrected chi connectivity index (χ0v) is 11.4. The maximum atomic E-state index is 11.8. The smallest absolute Gasteiger partial charge is 0.349 e. The van der Waals surface area contributed by atoms with E-state index in [1.54, 1.807) is 19.1 Å². The number of rotatable bonds is 4. The van der Waals surface area contributed by atoms with Crippen LogP contribution >= 0.6 is 0 Å². The van der Waals surface area contributed by atoms with Crippen molar-refractivity contribution in [1.29, 1.82) is 5.26 Å². The molecule has 0 saturated heterocycles. The molecule has 1 aromatic rings. The molecule has 0 bridgehead atoms. The van der Waals surface area contributed by atoms with Crippen LogP contribution in [0.25, 0.3) is 5.57 Å². The lowest BCUT2D eigenvalue weighted by atomic mass is 9.97. The first-order valence-corrected chi connectivity index (χ1v) is 6.41. The molecule has 0 atom stereocenters. The summed E-state index contributed by atoms with van der Waals surface area (Å²) in [7, 11) is 0. The standard InChI is InChI=1S/C15H15NO4/c1-3-11(12(8-16)15(17)18-4-2)10-5-6-13-14(7-10)20-9-19-13/h5-7H,3-4,9H2,1-2H3. The normalized spacial score (nSPS) is 13.4. The summed E-state index contributed by atoms with van der Waals surface area (Å²) < 4.78 is 15.5. The highest BCUT2D eigenvalue weighted by Crippen LogP contribution is 2.35. The lowest BCUT2D eigenvalue weighted by molar-refractivity contribution is -0.137. The Morgan fingerprint density at radius 1 is 1.35 bits per heavy atom. The molecule has 0 aliphatic carbocycles. The summed E-state index contributed by atoms with van der Waals surface area (Å²) in [5, 5.41) is 9.21. The van der Waals surface area contributed by atoms with Gasteiger partial charge in [0.05, 0.1) is 6.61 Å². The fourth-order valence-electron chi connectivity index (χ4n) is 2.05. The Labute approximate surface area is 117 Å². The molecule has 1 aliphatic rings. The van der Waals surface area contributed by atoms with Crippen molar-refractivity contribution in [2.45, 2.75) is 20.3 Å². The number of hydrogen-bond donors (Lipinski definition) is 0. The molecule has 0 unspecified atom stereocenters. The number of hydrogen-bond acceptors (Lipinski definition) is 5. The minimum absolute atomic E-state index is 0.0354. The third-order valence-electron chi connectivity index (χ3n) is 2.97. The van der Waals surface area contributed by atoms with Gasteiger partial charge < -0.3 is 14.2 Å². The average Bonchev–Trinajstić information content (AvgIpc) is 2.92. The summed E-state index contributed by atoms with van der Waals surface area (Å²) in [5.41, 5.74) is 1.44. The maximum Gasteiger partial charge on any atom is 0.349 e. The minimum Gasteiger partial charge on any atom is -0.462 e. The minimum atomic E-state index is -0.593.